The highest BCUT2D eigenvalue weighted by Gasteiger charge is 2.31. The summed E-state index contributed by atoms with van der Waals surface area (Å²) < 4.78 is 38.0. The van der Waals surface area contributed by atoms with Gasteiger partial charge >= 0.3 is 6.18 Å². The maximum absolute atomic E-state index is 12.7. The van der Waals surface area contributed by atoms with Gasteiger partial charge in [-0.05, 0) is 30.7 Å². The number of benzene rings is 2. The van der Waals surface area contributed by atoms with Crippen molar-refractivity contribution in [2.45, 2.75) is 19.6 Å². The van der Waals surface area contributed by atoms with Gasteiger partial charge in [-0.3, -0.25) is 0 Å². The first-order chi connectivity index (χ1) is 9.91. The van der Waals surface area contributed by atoms with Crippen LogP contribution in [-0.2, 0) is 12.7 Å². The van der Waals surface area contributed by atoms with Gasteiger partial charge in [0.05, 0.1) is 16.9 Å². The number of hydrogen-bond donors (Lipinski definition) is 1. The molecule has 2 N–H and O–H groups in total. The van der Waals surface area contributed by atoms with Crippen LogP contribution in [0.2, 0.25) is 0 Å². The standard InChI is InChI=1S/C16H17F3N2/c1-2-21(11-12-6-4-3-5-7-12)15-9-8-13(10-14(15)20)16(17,18)19/h3-10H,2,11,20H2,1H3. The molecule has 0 saturated carbocycles. The van der Waals surface area contributed by atoms with Crippen molar-refractivity contribution >= 4 is 11.4 Å². The lowest BCUT2D eigenvalue weighted by Crippen LogP contribution is -2.23. The fraction of sp³-hybridized carbons (Fsp3) is 0.250. The van der Waals surface area contributed by atoms with Crippen molar-refractivity contribution in [1.29, 1.82) is 0 Å². The SMILES string of the molecule is CCN(Cc1ccccc1)c1ccc(C(F)(F)F)cc1N. The monoisotopic (exact) mass is 294 g/mol. The third-order valence-electron chi connectivity index (χ3n) is 3.29. The van der Waals surface area contributed by atoms with Crippen LogP contribution in [0.4, 0.5) is 24.5 Å². The van der Waals surface area contributed by atoms with Gasteiger partial charge in [-0.2, -0.15) is 13.2 Å². The summed E-state index contributed by atoms with van der Waals surface area (Å²) in [5.74, 6) is 0. The quantitative estimate of drug-likeness (QED) is 0.851. The second kappa shape index (κ2) is 6.08. The van der Waals surface area contributed by atoms with Gasteiger partial charge in [0.25, 0.3) is 0 Å². The molecule has 0 heterocycles. The molecule has 112 valence electrons. The summed E-state index contributed by atoms with van der Waals surface area (Å²) in [7, 11) is 0. The summed E-state index contributed by atoms with van der Waals surface area (Å²) in [6.45, 7) is 3.21. The summed E-state index contributed by atoms with van der Waals surface area (Å²) in [6.07, 6.45) is -4.37. The number of nitrogen functional groups attached to an aromatic ring is 1. The molecule has 2 rings (SSSR count). The average molecular weight is 294 g/mol. The second-order valence-corrected chi connectivity index (χ2v) is 4.77. The minimum absolute atomic E-state index is 0.141. The zero-order valence-electron chi connectivity index (χ0n) is 11.7. The molecule has 0 aliphatic heterocycles. The Bertz CT molecular complexity index is 594. The Morgan fingerprint density at radius 1 is 1.05 bits per heavy atom. The van der Waals surface area contributed by atoms with E-state index in [4.69, 9.17) is 5.73 Å². The van der Waals surface area contributed by atoms with Crippen molar-refractivity contribution in [3.63, 3.8) is 0 Å². The predicted molar refractivity (Wildman–Crippen MR) is 79.0 cm³/mol. The van der Waals surface area contributed by atoms with Crippen LogP contribution >= 0.6 is 0 Å². The Balaban J connectivity index is 2.26. The first-order valence-corrected chi connectivity index (χ1v) is 6.67. The van der Waals surface area contributed by atoms with E-state index in [1.165, 1.54) is 6.07 Å². The van der Waals surface area contributed by atoms with Crippen LogP contribution in [0.25, 0.3) is 0 Å². The first kappa shape index (κ1) is 15.2. The molecule has 21 heavy (non-hydrogen) atoms. The Hall–Kier alpha value is -2.17. The molecule has 0 aromatic heterocycles. The number of nitrogens with two attached hydrogens (primary N) is 1. The molecule has 0 bridgehead atoms. The molecule has 0 amide bonds. The van der Waals surface area contributed by atoms with Crippen molar-refractivity contribution in [2.75, 3.05) is 17.2 Å². The highest BCUT2D eigenvalue weighted by Crippen LogP contribution is 2.34. The van der Waals surface area contributed by atoms with Crippen molar-refractivity contribution in [2.24, 2.45) is 0 Å². The van der Waals surface area contributed by atoms with E-state index >= 15 is 0 Å². The Kier molecular flexibility index (Phi) is 4.40. The van der Waals surface area contributed by atoms with E-state index in [0.717, 1.165) is 17.7 Å². The molecular formula is C16H17F3N2. The third-order valence-corrected chi connectivity index (χ3v) is 3.29. The van der Waals surface area contributed by atoms with Crippen molar-refractivity contribution in [3.05, 3.63) is 59.7 Å². The zero-order valence-corrected chi connectivity index (χ0v) is 11.7. The maximum atomic E-state index is 12.7. The van der Waals surface area contributed by atoms with Crippen molar-refractivity contribution in [1.82, 2.24) is 0 Å². The topological polar surface area (TPSA) is 29.3 Å². The lowest BCUT2D eigenvalue weighted by atomic mass is 10.1. The van der Waals surface area contributed by atoms with Crippen LogP contribution in [0, 0.1) is 0 Å². The number of halogens is 3. The van der Waals surface area contributed by atoms with Gasteiger partial charge in [-0.1, -0.05) is 30.3 Å². The van der Waals surface area contributed by atoms with Gasteiger partial charge in [0.15, 0.2) is 0 Å². The van der Waals surface area contributed by atoms with Gasteiger partial charge < -0.3 is 10.6 Å². The van der Waals surface area contributed by atoms with Crippen LogP contribution < -0.4 is 10.6 Å². The molecule has 2 aromatic rings. The summed E-state index contributed by atoms with van der Waals surface area (Å²) >= 11 is 0. The van der Waals surface area contributed by atoms with Crippen LogP contribution in [0.3, 0.4) is 0 Å². The molecule has 0 aliphatic carbocycles. The minimum atomic E-state index is -4.37. The van der Waals surface area contributed by atoms with E-state index in [1.807, 2.05) is 42.2 Å². The van der Waals surface area contributed by atoms with Gasteiger partial charge in [-0.15, -0.1) is 0 Å². The minimum Gasteiger partial charge on any atom is -0.397 e. The Morgan fingerprint density at radius 3 is 2.24 bits per heavy atom. The van der Waals surface area contributed by atoms with Crippen molar-refractivity contribution in [3.8, 4) is 0 Å². The summed E-state index contributed by atoms with van der Waals surface area (Å²) in [4.78, 5) is 1.95. The molecule has 0 aliphatic rings. The lowest BCUT2D eigenvalue weighted by Gasteiger charge is -2.25. The van der Waals surface area contributed by atoms with E-state index in [1.54, 1.807) is 0 Å². The third kappa shape index (κ3) is 3.68. The van der Waals surface area contributed by atoms with Gasteiger partial charge in [0.2, 0.25) is 0 Å². The predicted octanol–water partition coefficient (Wildman–Crippen LogP) is 4.31. The summed E-state index contributed by atoms with van der Waals surface area (Å²) in [6, 6.07) is 13.2. The molecule has 0 radical (unpaired) electrons. The molecule has 5 heteroatoms. The highest BCUT2D eigenvalue weighted by molar-refractivity contribution is 5.68. The average Bonchev–Trinajstić information content (AvgIpc) is 2.45. The molecule has 2 aromatic carbocycles. The number of hydrogen-bond acceptors (Lipinski definition) is 2. The molecular weight excluding hydrogens is 277 g/mol. The van der Waals surface area contributed by atoms with Gasteiger partial charge in [0, 0.05) is 13.1 Å². The largest absolute Gasteiger partial charge is 0.416 e. The fourth-order valence-electron chi connectivity index (χ4n) is 2.19. The molecule has 0 fully saturated rings. The molecule has 0 atom stereocenters. The van der Waals surface area contributed by atoms with Crippen LogP contribution in [0.5, 0.6) is 0 Å². The normalized spacial score (nSPS) is 11.4. The molecule has 0 saturated heterocycles. The lowest BCUT2D eigenvalue weighted by molar-refractivity contribution is -0.137. The summed E-state index contributed by atoms with van der Waals surface area (Å²) in [5.41, 5.74) is 6.93. The first-order valence-electron chi connectivity index (χ1n) is 6.67. The van der Waals surface area contributed by atoms with Crippen LogP contribution in [0.1, 0.15) is 18.1 Å². The number of rotatable bonds is 4. The zero-order chi connectivity index (χ0) is 15.5. The maximum Gasteiger partial charge on any atom is 0.416 e. The summed E-state index contributed by atoms with van der Waals surface area (Å²) in [5, 5.41) is 0. The van der Waals surface area contributed by atoms with Crippen molar-refractivity contribution < 1.29 is 13.2 Å². The molecule has 0 spiro atoms. The van der Waals surface area contributed by atoms with E-state index in [-0.39, 0.29) is 5.69 Å². The Morgan fingerprint density at radius 2 is 1.71 bits per heavy atom. The van der Waals surface area contributed by atoms with E-state index in [9.17, 15) is 13.2 Å². The molecule has 0 unspecified atom stereocenters. The van der Waals surface area contributed by atoms with E-state index < -0.39 is 11.7 Å². The van der Waals surface area contributed by atoms with Crippen LogP contribution in [-0.4, -0.2) is 6.54 Å². The number of nitrogens with zero attached hydrogens (tertiary/aromatic N) is 1. The fourth-order valence-corrected chi connectivity index (χ4v) is 2.19. The Labute approximate surface area is 122 Å². The number of alkyl halides is 3. The smallest absolute Gasteiger partial charge is 0.397 e. The second-order valence-electron chi connectivity index (χ2n) is 4.77. The van der Waals surface area contributed by atoms with Crippen LogP contribution in [0.15, 0.2) is 48.5 Å². The highest BCUT2D eigenvalue weighted by atomic mass is 19.4. The van der Waals surface area contributed by atoms with Gasteiger partial charge in [-0.25, -0.2) is 0 Å². The van der Waals surface area contributed by atoms with E-state index in [2.05, 4.69) is 0 Å². The van der Waals surface area contributed by atoms with Gasteiger partial charge in [0.1, 0.15) is 0 Å². The van der Waals surface area contributed by atoms with E-state index in [0.29, 0.717) is 18.8 Å². The number of anilines is 2. The molecule has 2 nitrogen and oxygen atoms in total.